The molecule has 0 N–H and O–H groups in total. The maximum absolute atomic E-state index is 10.9. The summed E-state index contributed by atoms with van der Waals surface area (Å²) >= 11 is 0. The van der Waals surface area contributed by atoms with E-state index in [0.29, 0.717) is 11.6 Å². The van der Waals surface area contributed by atoms with E-state index in [1.165, 1.54) is 6.07 Å². The first-order valence-electron chi connectivity index (χ1n) is 4.72. The number of aromatic nitrogens is 3. The Bertz CT molecular complexity index is 548. The van der Waals surface area contributed by atoms with Gasteiger partial charge < -0.3 is 0 Å². The van der Waals surface area contributed by atoms with Crippen molar-refractivity contribution in [2.45, 2.75) is 13.8 Å². The second kappa shape index (κ2) is 3.73. The van der Waals surface area contributed by atoms with Crippen LogP contribution >= 0.6 is 0 Å². The Labute approximate surface area is 91.7 Å². The highest BCUT2D eigenvalue weighted by atomic mass is 16.6. The van der Waals surface area contributed by atoms with Crippen molar-refractivity contribution in [3.63, 3.8) is 0 Å². The Morgan fingerprint density at radius 3 is 2.69 bits per heavy atom. The summed E-state index contributed by atoms with van der Waals surface area (Å²) in [5, 5.41) is 10.9. The van der Waals surface area contributed by atoms with Gasteiger partial charge in [-0.1, -0.05) is 0 Å². The van der Waals surface area contributed by atoms with Gasteiger partial charge in [0.1, 0.15) is 5.82 Å². The van der Waals surface area contributed by atoms with Crippen LogP contribution < -0.4 is 0 Å². The molecule has 2 heterocycles. The molecule has 82 valence electrons. The van der Waals surface area contributed by atoms with Gasteiger partial charge in [-0.2, -0.15) is 0 Å². The number of imidazole rings is 1. The van der Waals surface area contributed by atoms with Crippen molar-refractivity contribution in [2.24, 2.45) is 0 Å². The maximum atomic E-state index is 10.9. The van der Waals surface area contributed by atoms with Gasteiger partial charge in [0.2, 0.25) is 5.82 Å². The van der Waals surface area contributed by atoms with Crippen LogP contribution in [0.15, 0.2) is 24.5 Å². The van der Waals surface area contributed by atoms with Crippen LogP contribution in [0.3, 0.4) is 0 Å². The predicted octanol–water partition coefficient (Wildman–Crippen LogP) is 1.79. The summed E-state index contributed by atoms with van der Waals surface area (Å²) in [6, 6.07) is 3.07. The first-order chi connectivity index (χ1) is 7.59. The van der Waals surface area contributed by atoms with E-state index in [4.69, 9.17) is 0 Å². The Morgan fingerprint density at radius 1 is 1.38 bits per heavy atom. The van der Waals surface area contributed by atoms with Crippen molar-refractivity contribution in [3.05, 3.63) is 46.2 Å². The number of nitro groups is 1. The Hall–Kier alpha value is -2.24. The summed E-state index contributed by atoms with van der Waals surface area (Å²) in [6.45, 7) is 3.56. The van der Waals surface area contributed by atoms with E-state index in [1.54, 1.807) is 36.9 Å². The van der Waals surface area contributed by atoms with E-state index in [0.717, 1.165) is 5.69 Å². The van der Waals surface area contributed by atoms with Crippen LogP contribution in [0.5, 0.6) is 0 Å². The highest BCUT2D eigenvalue weighted by Crippen LogP contribution is 2.21. The summed E-state index contributed by atoms with van der Waals surface area (Å²) in [6.07, 6.45) is 3.24. The zero-order chi connectivity index (χ0) is 11.7. The van der Waals surface area contributed by atoms with Crippen LogP contribution in [-0.4, -0.2) is 19.5 Å². The van der Waals surface area contributed by atoms with Crippen molar-refractivity contribution in [1.29, 1.82) is 0 Å². The van der Waals surface area contributed by atoms with Crippen molar-refractivity contribution in [1.82, 2.24) is 14.5 Å². The van der Waals surface area contributed by atoms with E-state index in [-0.39, 0.29) is 5.69 Å². The van der Waals surface area contributed by atoms with Crippen LogP contribution in [0.1, 0.15) is 11.5 Å². The summed E-state index contributed by atoms with van der Waals surface area (Å²) < 4.78 is 1.60. The fourth-order valence-corrected chi connectivity index (χ4v) is 1.46. The van der Waals surface area contributed by atoms with Crippen LogP contribution in [-0.2, 0) is 0 Å². The lowest BCUT2D eigenvalue weighted by atomic mass is 10.3. The maximum Gasteiger partial charge on any atom is 0.312 e. The molecule has 2 rings (SSSR count). The summed E-state index contributed by atoms with van der Waals surface area (Å²) in [5.41, 5.74) is 0.709. The molecular formula is C10H10N4O2. The highest BCUT2D eigenvalue weighted by Gasteiger charge is 2.17. The van der Waals surface area contributed by atoms with Gasteiger partial charge in [0.15, 0.2) is 0 Å². The molecule has 0 spiro atoms. The van der Waals surface area contributed by atoms with Gasteiger partial charge >= 0.3 is 5.69 Å². The van der Waals surface area contributed by atoms with Gasteiger partial charge in [0.25, 0.3) is 0 Å². The molecule has 0 aliphatic heterocycles. The number of hydrogen-bond acceptors (Lipinski definition) is 4. The Balaban J connectivity index is 2.67. The van der Waals surface area contributed by atoms with E-state index < -0.39 is 4.92 Å². The molecule has 0 aliphatic rings. The molecule has 0 fully saturated rings. The molecule has 0 saturated heterocycles. The van der Waals surface area contributed by atoms with Crippen LogP contribution in [0.4, 0.5) is 5.69 Å². The van der Waals surface area contributed by atoms with Gasteiger partial charge in [0, 0.05) is 24.2 Å². The number of pyridine rings is 1. The molecule has 6 heteroatoms. The van der Waals surface area contributed by atoms with E-state index in [2.05, 4.69) is 9.97 Å². The molecule has 0 atom stereocenters. The zero-order valence-corrected chi connectivity index (χ0v) is 8.91. The van der Waals surface area contributed by atoms with E-state index in [9.17, 15) is 10.1 Å². The molecule has 0 radical (unpaired) electrons. The van der Waals surface area contributed by atoms with Crippen molar-refractivity contribution in [3.8, 4) is 5.82 Å². The zero-order valence-electron chi connectivity index (χ0n) is 8.91. The van der Waals surface area contributed by atoms with E-state index in [1.807, 2.05) is 0 Å². The number of rotatable bonds is 2. The lowest BCUT2D eigenvalue weighted by Crippen LogP contribution is -2.04. The molecule has 0 aromatic carbocycles. The first kappa shape index (κ1) is 10.3. The predicted molar refractivity (Wildman–Crippen MR) is 57.5 cm³/mol. The molecular weight excluding hydrogens is 208 g/mol. The minimum atomic E-state index is -0.443. The Kier molecular flexibility index (Phi) is 2.40. The van der Waals surface area contributed by atoms with Gasteiger partial charge in [-0.05, 0) is 19.9 Å². The molecule has 2 aromatic rings. The number of nitrogens with zero attached hydrogens (tertiary/aromatic N) is 4. The standard InChI is InChI=1S/C10H10N4O2/c1-7-3-4-9(14(15)16)10(12-7)13-6-5-11-8(13)2/h3-6H,1-2H3. The fraction of sp³-hybridized carbons (Fsp3) is 0.200. The lowest BCUT2D eigenvalue weighted by Gasteiger charge is -2.05. The van der Waals surface area contributed by atoms with E-state index >= 15 is 0 Å². The number of aryl methyl sites for hydroxylation is 2. The average Bonchev–Trinajstić information content (AvgIpc) is 2.63. The second-order valence-corrected chi connectivity index (χ2v) is 3.40. The molecule has 0 saturated carbocycles. The molecule has 0 amide bonds. The van der Waals surface area contributed by atoms with Gasteiger partial charge in [-0.15, -0.1) is 0 Å². The second-order valence-electron chi connectivity index (χ2n) is 3.40. The molecule has 2 aromatic heterocycles. The topological polar surface area (TPSA) is 73.8 Å². The summed E-state index contributed by atoms with van der Waals surface area (Å²) in [4.78, 5) is 18.6. The minimum Gasteiger partial charge on any atom is -0.282 e. The van der Waals surface area contributed by atoms with Crippen LogP contribution in [0.25, 0.3) is 5.82 Å². The Morgan fingerprint density at radius 2 is 2.12 bits per heavy atom. The van der Waals surface area contributed by atoms with Crippen LogP contribution in [0, 0.1) is 24.0 Å². The third-order valence-electron chi connectivity index (χ3n) is 2.24. The largest absolute Gasteiger partial charge is 0.312 e. The monoisotopic (exact) mass is 218 g/mol. The van der Waals surface area contributed by atoms with Gasteiger partial charge in [0.05, 0.1) is 4.92 Å². The first-order valence-corrected chi connectivity index (χ1v) is 4.72. The molecule has 6 nitrogen and oxygen atoms in total. The highest BCUT2D eigenvalue weighted by molar-refractivity contribution is 5.48. The third kappa shape index (κ3) is 1.65. The van der Waals surface area contributed by atoms with Crippen molar-refractivity contribution < 1.29 is 4.92 Å². The number of hydrogen-bond donors (Lipinski definition) is 0. The molecule has 0 aliphatic carbocycles. The lowest BCUT2D eigenvalue weighted by molar-refractivity contribution is -0.384. The smallest absolute Gasteiger partial charge is 0.282 e. The molecule has 0 bridgehead atoms. The summed E-state index contributed by atoms with van der Waals surface area (Å²) in [7, 11) is 0. The van der Waals surface area contributed by atoms with Gasteiger partial charge in [-0.3, -0.25) is 14.7 Å². The SMILES string of the molecule is Cc1ccc([N+](=O)[O-])c(-n2ccnc2C)n1. The summed E-state index contributed by atoms with van der Waals surface area (Å²) in [5.74, 6) is 0.973. The fourth-order valence-electron chi connectivity index (χ4n) is 1.46. The normalized spacial score (nSPS) is 10.4. The van der Waals surface area contributed by atoms with Crippen molar-refractivity contribution in [2.75, 3.05) is 0 Å². The molecule has 0 unspecified atom stereocenters. The van der Waals surface area contributed by atoms with Gasteiger partial charge in [-0.25, -0.2) is 9.97 Å². The minimum absolute atomic E-state index is 0.0216. The van der Waals surface area contributed by atoms with Crippen molar-refractivity contribution >= 4 is 5.69 Å². The average molecular weight is 218 g/mol. The van der Waals surface area contributed by atoms with Crippen LogP contribution in [0.2, 0.25) is 0 Å². The third-order valence-corrected chi connectivity index (χ3v) is 2.24. The quantitative estimate of drug-likeness (QED) is 0.569. The molecule has 16 heavy (non-hydrogen) atoms.